The predicted octanol–water partition coefficient (Wildman–Crippen LogP) is 1.51. The Morgan fingerprint density at radius 2 is 2.54 bits per heavy atom. The van der Waals surface area contributed by atoms with Crippen LogP contribution in [-0.2, 0) is 4.74 Å². The van der Waals surface area contributed by atoms with Crippen LogP contribution in [0.25, 0.3) is 0 Å². The second-order valence-electron chi connectivity index (χ2n) is 2.58. The van der Waals surface area contributed by atoms with Crippen LogP contribution in [0, 0.1) is 0 Å². The Balaban J connectivity index is 2.19. The Labute approximate surface area is 81.7 Å². The van der Waals surface area contributed by atoms with E-state index in [1.54, 1.807) is 7.11 Å². The molecule has 0 saturated heterocycles. The van der Waals surface area contributed by atoms with Gasteiger partial charge in [0.1, 0.15) is 0 Å². The summed E-state index contributed by atoms with van der Waals surface area (Å²) >= 11 is 1.49. The van der Waals surface area contributed by atoms with E-state index in [1.165, 1.54) is 11.3 Å². The molecule has 0 amide bonds. The SMILES string of the molecule is COCNCCC(=O)c1cccs1. The molecule has 1 rings (SSSR count). The van der Waals surface area contributed by atoms with E-state index in [2.05, 4.69) is 5.32 Å². The van der Waals surface area contributed by atoms with Gasteiger partial charge in [0.05, 0.1) is 11.6 Å². The number of ketones is 1. The van der Waals surface area contributed by atoms with E-state index in [9.17, 15) is 4.79 Å². The highest BCUT2D eigenvalue weighted by atomic mass is 32.1. The Hall–Kier alpha value is -0.710. The highest BCUT2D eigenvalue weighted by molar-refractivity contribution is 7.12. The summed E-state index contributed by atoms with van der Waals surface area (Å²) < 4.78 is 4.79. The van der Waals surface area contributed by atoms with Crippen LogP contribution in [0.2, 0.25) is 0 Å². The van der Waals surface area contributed by atoms with Gasteiger partial charge < -0.3 is 4.74 Å². The molecule has 0 spiro atoms. The molecule has 0 aromatic carbocycles. The summed E-state index contributed by atoms with van der Waals surface area (Å²) in [5.41, 5.74) is 0. The standard InChI is InChI=1S/C9H13NO2S/c1-12-7-10-5-4-8(11)9-3-2-6-13-9/h2-3,6,10H,4-5,7H2,1H3. The lowest BCUT2D eigenvalue weighted by Crippen LogP contribution is -2.20. The van der Waals surface area contributed by atoms with E-state index in [-0.39, 0.29) is 5.78 Å². The average molecular weight is 199 g/mol. The van der Waals surface area contributed by atoms with Crippen molar-refractivity contribution in [1.29, 1.82) is 0 Å². The van der Waals surface area contributed by atoms with Crippen LogP contribution in [-0.4, -0.2) is 26.2 Å². The molecule has 0 aliphatic rings. The first kappa shape index (κ1) is 10.4. The van der Waals surface area contributed by atoms with E-state index in [1.807, 2.05) is 17.5 Å². The number of rotatable bonds is 6. The molecule has 0 fully saturated rings. The summed E-state index contributed by atoms with van der Waals surface area (Å²) in [6.07, 6.45) is 0.532. The van der Waals surface area contributed by atoms with Crippen molar-refractivity contribution in [2.45, 2.75) is 6.42 Å². The number of carbonyl (C=O) groups excluding carboxylic acids is 1. The quantitative estimate of drug-likeness (QED) is 0.429. The van der Waals surface area contributed by atoms with Crippen molar-refractivity contribution >= 4 is 17.1 Å². The second kappa shape index (κ2) is 5.85. The van der Waals surface area contributed by atoms with E-state index in [4.69, 9.17) is 4.74 Å². The molecule has 1 heterocycles. The van der Waals surface area contributed by atoms with Crippen molar-refractivity contribution in [3.63, 3.8) is 0 Å². The molecule has 0 unspecified atom stereocenters. The smallest absolute Gasteiger partial charge is 0.174 e. The minimum absolute atomic E-state index is 0.193. The van der Waals surface area contributed by atoms with Gasteiger partial charge in [-0.25, -0.2) is 0 Å². The fourth-order valence-corrected chi connectivity index (χ4v) is 1.63. The Kier molecular flexibility index (Phi) is 4.67. The largest absolute Gasteiger partial charge is 0.370 e. The Morgan fingerprint density at radius 3 is 3.15 bits per heavy atom. The predicted molar refractivity (Wildman–Crippen MR) is 53.1 cm³/mol. The van der Waals surface area contributed by atoms with Gasteiger partial charge in [0.15, 0.2) is 5.78 Å². The van der Waals surface area contributed by atoms with Crippen LogP contribution in [0.5, 0.6) is 0 Å². The van der Waals surface area contributed by atoms with Gasteiger partial charge in [-0.1, -0.05) is 6.07 Å². The van der Waals surface area contributed by atoms with Crippen molar-refractivity contribution < 1.29 is 9.53 Å². The molecular formula is C9H13NO2S. The fourth-order valence-electron chi connectivity index (χ4n) is 0.937. The van der Waals surface area contributed by atoms with Crippen molar-refractivity contribution in [2.75, 3.05) is 20.4 Å². The summed E-state index contributed by atoms with van der Waals surface area (Å²) in [4.78, 5) is 12.2. The van der Waals surface area contributed by atoms with Gasteiger partial charge in [-0.3, -0.25) is 10.1 Å². The van der Waals surface area contributed by atoms with Gasteiger partial charge in [0.25, 0.3) is 0 Å². The maximum absolute atomic E-state index is 11.4. The molecule has 0 aliphatic carbocycles. The Bertz CT molecular complexity index is 246. The van der Waals surface area contributed by atoms with E-state index in [0.717, 1.165) is 4.88 Å². The van der Waals surface area contributed by atoms with Crippen molar-refractivity contribution in [1.82, 2.24) is 5.32 Å². The summed E-state index contributed by atoms with van der Waals surface area (Å²) in [5, 5.41) is 4.90. The number of hydrogen-bond donors (Lipinski definition) is 1. The normalized spacial score (nSPS) is 10.2. The van der Waals surface area contributed by atoms with Gasteiger partial charge in [-0.05, 0) is 11.4 Å². The third-order valence-corrected chi connectivity index (χ3v) is 2.48. The van der Waals surface area contributed by atoms with Gasteiger partial charge in [-0.2, -0.15) is 0 Å². The van der Waals surface area contributed by atoms with Crippen LogP contribution in [0.1, 0.15) is 16.1 Å². The molecule has 4 heteroatoms. The van der Waals surface area contributed by atoms with E-state index >= 15 is 0 Å². The second-order valence-corrected chi connectivity index (χ2v) is 3.53. The van der Waals surface area contributed by atoms with Crippen LogP contribution in [0.15, 0.2) is 17.5 Å². The van der Waals surface area contributed by atoms with Gasteiger partial charge in [0, 0.05) is 20.1 Å². The number of nitrogens with one attached hydrogen (secondary N) is 1. The minimum atomic E-state index is 0.193. The third kappa shape index (κ3) is 3.67. The number of Topliss-reactive ketones (excluding diaryl/α,β-unsaturated/α-hetero) is 1. The monoisotopic (exact) mass is 199 g/mol. The molecule has 0 aliphatic heterocycles. The molecule has 0 radical (unpaired) electrons. The minimum Gasteiger partial charge on any atom is -0.370 e. The van der Waals surface area contributed by atoms with E-state index < -0.39 is 0 Å². The summed E-state index contributed by atoms with van der Waals surface area (Å²) in [5.74, 6) is 0.193. The zero-order valence-electron chi connectivity index (χ0n) is 7.58. The van der Waals surface area contributed by atoms with Gasteiger partial charge in [0.2, 0.25) is 0 Å². The number of hydrogen-bond acceptors (Lipinski definition) is 4. The van der Waals surface area contributed by atoms with Gasteiger partial charge in [-0.15, -0.1) is 11.3 Å². The molecular weight excluding hydrogens is 186 g/mol. The first-order chi connectivity index (χ1) is 6.34. The zero-order valence-corrected chi connectivity index (χ0v) is 8.39. The lowest BCUT2D eigenvalue weighted by molar-refractivity contribution is 0.0980. The lowest BCUT2D eigenvalue weighted by Gasteiger charge is -2.00. The van der Waals surface area contributed by atoms with Crippen LogP contribution in [0.4, 0.5) is 0 Å². The fraction of sp³-hybridized carbons (Fsp3) is 0.444. The molecule has 3 nitrogen and oxygen atoms in total. The highest BCUT2D eigenvalue weighted by Gasteiger charge is 2.04. The molecule has 1 N–H and O–H groups in total. The number of ether oxygens (including phenoxy) is 1. The maximum atomic E-state index is 11.4. The molecule has 1 aromatic heterocycles. The Morgan fingerprint density at radius 1 is 1.69 bits per heavy atom. The first-order valence-electron chi connectivity index (χ1n) is 4.11. The maximum Gasteiger partial charge on any atom is 0.174 e. The number of carbonyl (C=O) groups is 1. The molecule has 0 saturated carbocycles. The van der Waals surface area contributed by atoms with E-state index in [0.29, 0.717) is 19.7 Å². The zero-order chi connectivity index (χ0) is 9.52. The molecule has 0 bridgehead atoms. The third-order valence-electron chi connectivity index (χ3n) is 1.57. The van der Waals surface area contributed by atoms with Crippen LogP contribution >= 0.6 is 11.3 Å². The van der Waals surface area contributed by atoms with Crippen LogP contribution < -0.4 is 5.32 Å². The topological polar surface area (TPSA) is 38.3 Å². The van der Waals surface area contributed by atoms with Crippen molar-refractivity contribution in [3.8, 4) is 0 Å². The van der Waals surface area contributed by atoms with Crippen molar-refractivity contribution in [2.24, 2.45) is 0 Å². The molecule has 13 heavy (non-hydrogen) atoms. The molecule has 72 valence electrons. The number of methoxy groups -OCH3 is 1. The summed E-state index contributed by atoms with van der Waals surface area (Å²) in [6.45, 7) is 1.17. The highest BCUT2D eigenvalue weighted by Crippen LogP contribution is 2.10. The lowest BCUT2D eigenvalue weighted by atomic mass is 10.2. The summed E-state index contributed by atoms with van der Waals surface area (Å²) in [7, 11) is 1.62. The van der Waals surface area contributed by atoms with Crippen molar-refractivity contribution in [3.05, 3.63) is 22.4 Å². The summed E-state index contributed by atoms with van der Waals surface area (Å²) in [6, 6.07) is 3.74. The van der Waals surface area contributed by atoms with Crippen LogP contribution in [0.3, 0.4) is 0 Å². The first-order valence-corrected chi connectivity index (χ1v) is 4.99. The van der Waals surface area contributed by atoms with Gasteiger partial charge >= 0.3 is 0 Å². The molecule has 0 atom stereocenters. The average Bonchev–Trinajstić information content (AvgIpc) is 2.65. The molecule has 1 aromatic rings. The number of thiophene rings is 1.